The molecule has 0 atom stereocenters. The van der Waals surface area contributed by atoms with Gasteiger partial charge in [-0.15, -0.1) is 0 Å². The number of nitro benzene ring substituents is 1. The summed E-state index contributed by atoms with van der Waals surface area (Å²) in [5.74, 6) is -0.00872. The van der Waals surface area contributed by atoms with Gasteiger partial charge in [-0.05, 0) is 19.0 Å². The molecule has 0 saturated heterocycles. The summed E-state index contributed by atoms with van der Waals surface area (Å²) in [6.07, 6.45) is 2.65. The van der Waals surface area contributed by atoms with E-state index >= 15 is 0 Å². The molecule has 2 aromatic carbocycles. The molecule has 1 heterocycles. The predicted molar refractivity (Wildman–Crippen MR) is 101 cm³/mol. The van der Waals surface area contributed by atoms with E-state index in [9.17, 15) is 14.9 Å². The highest BCUT2D eigenvalue weighted by molar-refractivity contribution is 6.09. The van der Waals surface area contributed by atoms with Crippen LogP contribution in [0.25, 0.3) is 10.9 Å². The number of carbonyl (C=O) groups is 1. The first-order chi connectivity index (χ1) is 12.5. The van der Waals surface area contributed by atoms with Crippen LogP contribution in [0.4, 0.5) is 5.69 Å². The van der Waals surface area contributed by atoms with Crippen LogP contribution in [0.5, 0.6) is 0 Å². The van der Waals surface area contributed by atoms with Gasteiger partial charge in [0.2, 0.25) is 0 Å². The lowest BCUT2D eigenvalue weighted by Gasteiger charge is -2.15. The number of ketones is 1. The van der Waals surface area contributed by atoms with E-state index in [4.69, 9.17) is 0 Å². The Labute approximate surface area is 151 Å². The van der Waals surface area contributed by atoms with Gasteiger partial charge in [-0.2, -0.15) is 0 Å². The first kappa shape index (κ1) is 17.8. The highest BCUT2D eigenvalue weighted by atomic mass is 16.6. The molecule has 0 aliphatic heterocycles. The van der Waals surface area contributed by atoms with Gasteiger partial charge in [0.1, 0.15) is 0 Å². The summed E-state index contributed by atoms with van der Waals surface area (Å²) in [6.45, 7) is 2.61. The molecule has 3 aromatic rings. The number of likely N-dealkylation sites (N-methyl/N-ethyl adjacent to an activating group) is 1. The van der Waals surface area contributed by atoms with E-state index in [0.717, 1.165) is 17.3 Å². The summed E-state index contributed by atoms with van der Waals surface area (Å²) >= 11 is 0. The Hall–Kier alpha value is -2.99. The minimum absolute atomic E-state index is 0.00872. The van der Waals surface area contributed by atoms with Crippen LogP contribution in [0.1, 0.15) is 28.4 Å². The van der Waals surface area contributed by atoms with Gasteiger partial charge in [-0.1, -0.05) is 43.3 Å². The highest BCUT2D eigenvalue weighted by Gasteiger charge is 2.18. The number of hydrogen-bond acceptors (Lipinski definition) is 4. The van der Waals surface area contributed by atoms with Gasteiger partial charge in [0, 0.05) is 40.8 Å². The molecule has 0 bridgehead atoms. The van der Waals surface area contributed by atoms with Crippen LogP contribution >= 0.6 is 0 Å². The minimum atomic E-state index is -0.392. The van der Waals surface area contributed by atoms with Crippen molar-refractivity contribution in [3.05, 3.63) is 75.5 Å². The Morgan fingerprint density at radius 1 is 1.15 bits per heavy atom. The van der Waals surface area contributed by atoms with Crippen LogP contribution < -0.4 is 0 Å². The average molecular weight is 351 g/mol. The van der Waals surface area contributed by atoms with Crippen molar-refractivity contribution >= 4 is 22.4 Å². The molecular formula is C20H21N3O3. The molecule has 0 unspecified atom stereocenters. The third-order valence-corrected chi connectivity index (χ3v) is 4.53. The molecule has 0 aliphatic carbocycles. The summed E-state index contributed by atoms with van der Waals surface area (Å²) in [7, 11) is 1.79. The number of nitrogens with one attached hydrogen (secondary N) is 1. The van der Waals surface area contributed by atoms with E-state index in [0.29, 0.717) is 17.7 Å². The van der Waals surface area contributed by atoms with E-state index < -0.39 is 4.92 Å². The molecular weight excluding hydrogens is 330 g/mol. The number of aromatic nitrogens is 1. The molecule has 134 valence electrons. The Morgan fingerprint density at radius 3 is 2.62 bits per heavy atom. The predicted octanol–water partition coefficient (Wildman–Crippen LogP) is 3.95. The number of H-pyrrole nitrogens is 1. The van der Waals surface area contributed by atoms with Gasteiger partial charge in [0.25, 0.3) is 5.69 Å². The summed E-state index contributed by atoms with van der Waals surface area (Å²) in [5, 5.41) is 12.1. The van der Waals surface area contributed by atoms with Crippen molar-refractivity contribution in [1.29, 1.82) is 0 Å². The first-order valence-electron chi connectivity index (χ1n) is 8.54. The maximum Gasteiger partial charge on any atom is 0.273 e. The van der Waals surface area contributed by atoms with Crippen LogP contribution in [0, 0.1) is 10.1 Å². The quantitative estimate of drug-likeness (QED) is 0.397. The number of benzene rings is 2. The number of para-hydroxylation sites is 2. The average Bonchev–Trinajstić information content (AvgIpc) is 3.06. The van der Waals surface area contributed by atoms with E-state index in [1.165, 1.54) is 11.6 Å². The maximum atomic E-state index is 12.7. The number of hydrogen-bond donors (Lipinski definition) is 1. The number of carbonyl (C=O) groups excluding carboxylic acids is 1. The molecule has 6 heteroatoms. The van der Waals surface area contributed by atoms with Gasteiger partial charge < -0.3 is 4.98 Å². The van der Waals surface area contributed by atoms with Crippen LogP contribution in [0.3, 0.4) is 0 Å². The van der Waals surface area contributed by atoms with Gasteiger partial charge in [-0.3, -0.25) is 19.8 Å². The lowest BCUT2D eigenvalue weighted by Crippen LogP contribution is -2.25. The second-order valence-electron chi connectivity index (χ2n) is 6.38. The van der Waals surface area contributed by atoms with E-state index in [-0.39, 0.29) is 18.0 Å². The van der Waals surface area contributed by atoms with Gasteiger partial charge in [-0.25, -0.2) is 0 Å². The van der Waals surface area contributed by atoms with E-state index in [2.05, 4.69) is 11.9 Å². The Balaban J connectivity index is 1.77. The second-order valence-corrected chi connectivity index (χ2v) is 6.38. The maximum absolute atomic E-state index is 12.7. The largest absolute Gasteiger partial charge is 0.360 e. The Bertz CT molecular complexity index is 962. The SMILES string of the molecule is CCc1cccc2c(C(=O)CN(C)Cc3ccccc3[N+](=O)[O-])c[nH]c12. The fraction of sp³-hybridized carbons (Fsp3) is 0.250. The minimum Gasteiger partial charge on any atom is -0.360 e. The van der Waals surface area contributed by atoms with E-state index in [1.54, 1.807) is 36.3 Å². The molecule has 1 aromatic heterocycles. The smallest absolute Gasteiger partial charge is 0.273 e. The topological polar surface area (TPSA) is 79.2 Å². The third kappa shape index (κ3) is 3.50. The summed E-state index contributed by atoms with van der Waals surface area (Å²) < 4.78 is 0. The lowest BCUT2D eigenvalue weighted by atomic mass is 10.0. The van der Waals surface area contributed by atoms with Crippen LogP contribution in [-0.2, 0) is 13.0 Å². The summed E-state index contributed by atoms with van der Waals surface area (Å²) in [6, 6.07) is 12.6. The van der Waals surface area contributed by atoms with Crippen molar-refractivity contribution in [3.63, 3.8) is 0 Å². The van der Waals surface area contributed by atoms with E-state index in [1.807, 2.05) is 18.2 Å². The van der Waals surface area contributed by atoms with Crippen molar-refractivity contribution in [2.75, 3.05) is 13.6 Å². The standard InChI is InChI=1S/C20H21N3O3/c1-3-14-8-6-9-16-17(11-21-20(14)16)19(24)13-22(2)12-15-7-4-5-10-18(15)23(25)26/h4-11,21H,3,12-13H2,1-2H3. The molecule has 0 radical (unpaired) electrons. The number of fused-ring (bicyclic) bond motifs is 1. The van der Waals surface area contributed by atoms with Crippen LogP contribution in [0.2, 0.25) is 0 Å². The zero-order chi connectivity index (χ0) is 18.7. The van der Waals surface area contributed by atoms with Crippen LogP contribution in [0.15, 0.2) is 48.7 Å². The summed E-state index contributed by atoms with van der Waals surface area (Å²) in [4.78, 5) is 28.5. The first-order valence-corrected chi connectivity index (χ1v) is 8.54. The molecule has 6 nitrogen and oxygen atoms in total. The van der Waals surface area contributed by atoms with Crippen molar-refractivity contribution in [2.45, 2.75) is 19.9 Å². The number of rotatable bonds is 7. The van der Waals surface area contributed by atoms with Gasteiger partial charge in [0.05, 0.1) is 11.5 Å². The van der Waals surface area contributed by atoms with Gasteiger partial charge >= 0.3 is 0 Å². The summed E-state index contributed by atoms with van der Waals surface area (Å²) in [5.41, 5.74) is 3.51. The monoisotopic (exact) mass is 351 g/mol. The molecule has 1 N–H and O–H groups in total. The van der Waals surface area contributed by atoms with Gasteiger partial charge in [0.15, 0.2) is 5.78 Å². The van der Waals surface area contributed by atoms with Crippen molar-refractivity contribution in [1.82, 2.24) is 9.88 Å². The number of Topliss-reactive ketones (excluding diaryl/α,β-unsaturated/α-hetero) is 1. The molecule has 0 fully saturated rings. The van der Waals surface area contributed by atoms with Crippen molar-refractivity contribution in [3.8, 4) is 0 Å². The lowest BCUT2D eigenvalue weighted by molar-refractivity contribution is -0.385. The number of aryl methyl sites for hydroxylation is 1. The van der Waals surface area contributed by atoms with Crippen LogP contribution in [-0.4, -0.2) is 34.2 Å². The zero-order valence-electron chi connectivity index (χ0n) is 14.9. The fourth-order valence-corrected chi connectivity index (χ4v) is 3.24. The number of nitrogens with zero attached hydrogens (tertiary/aromatic N) is 2. The number of aromatic amines is 1. The number of nitro groups is 1. The van der Waals surface area contributed by atoms with Crippen molar-refractivity contribution < 1.29 is 9.72 Å². The molecule has 0 aliphatic rings. The molecule has 3 rings (SSSR count). The molecule has 0 saturated carbocycles. The molecule has 0 amide bonds. The normalized spacial score (nSPS) is 11.2. The second kappa shape index (κ2) is 7.49. The Kier molecular flexibility index (Phi) is 5.14. The third-order valence-electron chi connectivity index (χ3n) is 4.53. The fourth-order valence-electron chi connectivity index (χ4n) is 3.24. The highest BCUT2D eigenvalue weighted by Crippen LogP contribution is 2.23. The molecule has 26 heavy (non-hydrogen) atoms. The molecule has 0 spiro atoms. The van der Waals surface area contributed by atoms with Crippen molar-refractivity contribution in [2.24, 2.45) is 0 Å². The zero-order valence-corrected chi connectivity index (χ0v) is 14.9. The Morgan fingerprint density at radius 2 is 1.88 bits per heavy atom.